The molecule has 0 spiro atoms. The molecule has 6 heteroatoms. The van der Waals surface area contributed by atoms with Crippen molar-refractivity contribution in [2.45, 2.75) is 68.0 Å². The summed E-state index contributed by atoms with van der Waals surface area (Å²) >= 11 is 1.84. The fourth-order valence-corrected chi connectivity index (χ4v) is 6.47. The highest BCUT2D eigenvalue weighted by molar-refractivity contribution is 8.01. The largest absolute Gasteiger partial charge is 0.343 e. The van der Waals surface area contributed by atoms with Crippen LogP contribution in [0.25, 0.3) is 0 Å². The van der Waals surface area contributed by atoms with Crippen molar-refractivity contribution in [2.75, 3.05) is 32.7 Å². The average molecular weight is 385 g/mol. The third-order valence-corrected chi connectivity index (χ3v) is 8.17. The first-order chi connectivity index (χ1) is 12.4. The molecule has 0 aromatic carbocycles. The molecule has 0 bridgehead atoms. The maximum absolute atomic E-state index is 14.5. The summed E-state index contributed by atoms with van der Waals surface area (Å²) in [4.78, 5) is 26.7. The number of aldehydes is 1. The summed E-state index contributed by atoms with van der Waals surface area (Å²) in [5, 5.41) is 0.540. The lowest BCUT2D eigenvalue weighted by molar-refractivity contribution is -0.119. The molecule has 1 heterocycles. The molecule has 1 unspecified atom stereocenters. The normalized spacial score (nSPS) is 30.7. The molecule has 26 heavy (non-hydrogen) atoms. The molecule has 0 aromatic rings. The van der Waals surface area contributed by atoms with Crippen LogP contribution in [-0.2, 0) is 9.59 Å². The quantitative estimate of drug-likeness (QED) is 0.603. The van der Waals surface area contributed by atoms with Gasteiger partial charge in [-0.3, -0.25) is 9.69 Å². The Hall–Kier alpha value is -0.620. The second kappa shape index (κ2) is 8.17. The van der Waals surface area contributed by atoms with E-state index in [0.717, 1.165) is 64.2 Å². The summed E-state index contributed by atoms with van der Waals surface area (Å²) in [7, 11) is 0. The molecule has 4 nitrogen and oxygen atoms in total. The Balaban J connectivity index is 1.42. The lowest BCUT2D eigenvalue weighted by Crippen LogP contribution is -2.47. The number of hydrogen-bond donors (Lipinski definition) is 0. The minimum Gasteiger partial charge on any atom is -0.343 e. The molecule has 2 aliphatic carbocycles. The summed E-state index contributed by atoms with van der Waals surface area (Å²) < 4.78 is 14.2. The monoisotopic (exact) mass is 384 g/mol. The topological polar surface area (TPSA) is 40.6 Å². The number of thioether (sulfide) groups is 1. The first kappa shape index (κ1) is 20.1. The molecule has 1 aliphatic heterocycles. The summed E-state index contributed by atoms with van der Waals surface area (Å²) in [6.07, 6.45) is 7.68. The van der Waals surface area contributed by atoms with Crippen LogP contribution in [0.2, 0.25) is 0 Å². The van der Waals surface area contributed by atoms with Gasteiger partial charge in [0.2, 0.25) is 6.41 Å². The molecule has 1 saturated heterocycles. The third kappa shape index (κ3) is 4.80. The van der Waals surface area contributed by atoms with Gasteiger partial charge in [0.1, 0.15) is 12.0 Å². The molecular weight excluding hydrogens is 351 g/mol. The number of alkyl halides is 1. The van der Waals surface area contributed by atoms with Gasteiger partial charge in [-0.1, -0.05) is 0 Å². The number of halogens is 1. The zero-order valence-electron chi connectivity index (χ0n) is 16.2. The van der Waals surface area contributed by atoms with Crippen LogP contribution in [-0.4, -0.2) is 70.9 Å². The molecule has 0 aromatic heterocycles. The van der Waals surface area contributed by atoms with Crippen LogP contribution in [0.15, 0.2) is 0 Å². The zero-order chi connectivity index (χ0) is 18.8. The van der Waals surface area contributed by atoms with Crippen LogP contribution < -0.4 is 0 Å². The first-order valence-corrected chi connectivity index (χ1v) is 11.0. The van der Waals surface area contributed by atoms with E-state index in [1.165, 1.54) is 12.8 Å². The first-order valence-electron chi connectivity index (χ1n) is 10.1. The van der Waals surface area contributed by atoms with Gasteiger partial charge in [-0.2, -0.15) is 11.8 Å². The molecule has 2 saturated carbocycles. The maximum atomic E-state index is 14.5. The fourth-order valence-electron chi connectivity index (χ4n) is 4.69. The smallest absolute Gasteiger partial charge is 0.209 e. The van der Waals surface area contributed by atoms with Gasteiger partial charge < -0.3 is 9.69 Å². The van der Waals surface area contributed by atoms with E-state index < -0.39 is 11.6 Å². The fraction of sp³-hybridized carbons (Fsp3) is 0.900. The lowest BCUT2D eigenvalue weighted by Gasteiger charge is -2.40. The van der Waals surface area contributed by atoms with Crippen LogP contribution >= 0.6 is 11.8 Å². The highest BCUT2D eigenvalue weighted by Crippen LogP contribution is 2.54. The van der Waals surface area contributed by atoms with Crippen molar-refractivity contribution in [2.24, 2.45) is 11.8 Å². The molecular formula is C20H33FN2O2S. The molecule has 3 fully saturated rings. The van der Waals surface area contributed by atoms with E-state index in [4.69, 9.17) is 0 Å². The Morgan fingerprint density at radius 2 is 1.73 bits per heavy atom. The number of carbonyl (C=O) groups excluding carboxylic acids is 2. The second-order valence-electron chi connectivity index (χ2n) is 8.95. The Bertz CT molecular complexity index is 496. The van der Waals surface area contributed by atoms with Gasteiger partial charge in [0, 0.05) is 42.7 Å². The molecule has 0 N–H and O–H groups in total. The van der Waals surface area contributed by atoms with E-state index in [1.807, 2.05) is 16.7 Å². The highest BCUT2D eigenvalue weighted by Gasteiger charge is 2.56. The summed E-state index contributed by atoms with van der Waals surface area (Å²) in [6, 6.07) is 0. The van der Waals surface area contributed by atoms with Crippen molar-refractivity contribution in [1.82, 2.24) is 9.80 Å². The lowest BCUT2D eigenvalue weighted by atomic mass is 9.88. The van der Waals surface area contributed by atoms with Gasteiger partial charge in [0.05, 0.1) is 5.92 Å². The van der Waals surface area contributed by atoms with Crippen molar-refractivity contribution in [3.05, 3.63) is 0 Å². The summed E-state index contributed by atoms with van der Waals surface area (Å²) in [5.74, 6) is 0.252. The molecule has 148 valence electrons. The number of hydrogen-bond acceptors (Lipinski definition) is 4. The van der Waals surface area contributed by atoms with E-state index in [9.17, 15) is 14.0 Å². The summed E-state index contributed by atoms with van der Waals surface area (Å²) in [5.41, 5.74) is -1.24. The van der Waals surface area contributed by atoms with Crippen LogP contribution in [0.1, 0.15) is 52.4 Å². The number of rotatable bonds is 8. The van der Waals surface area contributed by atoms with Gasteiger partial charge in [0.25, 0.3) is 0 Å². The molecule has 3 aliphatic rings. The number of piperazine rings is 1. The Labute approximate surface area is 161 Å². The van der Waals surface area contributed by atoms with Gasteiger partial charge in [-0.15, -0.1) is 0 Å². The highest BCUT2D eigenvalue weighted by atomic mass is 32.2. The van der Waals surface area contributed by atoms with Crippen molar-refractivity contribution in [3.63, 3.8) is 0 Å². The molecule has 3 rings (SSSR count). The number of carbonyl (C=O) groups is 2. The van der Waals surface area contributed by atoms with E-state index in [-0.39, 0.29) is 4.75 Å². The van der Waals surface area contributed by atoms with Gasteiger partial charge in [-0.25, -0.2) is 4.39 Å². The van der Waals surface area contributed by atoms with Crippen molar-refractivity contribution in [1.29, 1.82) is 0 Å². The van der Waals surface area contributed by atoms with Crippen LogP contribution in [0.5, 0.6) is 0 Å². The molecule has 1 amide bonds. The van der Waals surface area contributed by atoms with E-state index in [1.54, 1.807) is 0 Å². The minimum absolute atomic E-state index is 0.324. The van der Waals surface area contributed by atoms with Crippen LogP contribution in [0.3, 0.4) is 0 Å². The van der Waals surface area contributed by atoms with E-state index in [2.05, 4.69) is 18.7 Å². The second-order valence-corrected chi connectivity index (χ2v) is 10.9. The minimum atomic E-state index is -1.24. The Morgan fingerprint density at radius 3 is 2.23 bits per heavy atom. The predicted molar refractivity (Wildman–Crippen MR) is 104 cm³/mol. The van der Waals surface area contributed by atoms with E-state index in [0.29, 0.717) is 18.1 Å². The number of nitrogens with zero attached hydrogens (tertiary/aromatic N) is 2. The maximum Gasteiger partial charge on any atom is 0.209 e. The number of amides is 1. The Kier molecular flexibility index (Phi) is 6.33. The van der Waals surface area contributed by atoms with Crippen LogP contribution in [0, 0.1) is 11.8 Å². The van der Waals surface area contributed by atoms with Crippen molar-refractivity contribution >= 4 is 24.5 Å². The zero-order valence-corrected chi connectivity index (χ0v) is 17.0. The predicted octanol–water partition coefficient (Wildman–Crippen LogP) is 3.15. The van der Waals surface area contributed by atoms with Crippen molar-refractivity contribution in [3.8, 4) is 0 Å². The van der Waals surface area contributed by atoms with Crippen LogP contribution in [0.4, 0.5) is 4.39 Å². The van der Waals surface area contributed by atoms with E-state index >= 15 is 0 Å². The third-order valence-electron chi connectivity index (χ3n) is 6.51. The molecule has 0 radical (unpaired) electrons. The average Bonchev–Trinajstić information content (AvgIpc) is 3.35. The Morgan fingerprint density at radius 1 is 1.12 bits per heavy atom. The standard InChI is InChI=1S/C20H33FN2O2S/c1-19(2,18(14-24)20(21)7-8-20)26-17-5-3-16(4-6-17)13-22-9-11-23(15-25)12-10-22/h14-18H,3-13H2,1-2H3. The van der Waals surface area contributed by atoms with Gasteiger partial charge in [0.15, 0.2) is 0 Å². The van der Waals surface area contributed by atoms with Crippen molar-refractivity contribution < 1.29 is 14.0 Å². The van der Waals surface area contributed by atoms with Gasteiger partial charge >= 0.3 is 0 Å². The molecule has 1 atom stereocenters. The SMILES string of the molecule is CC(C)(SC1CCC(CN2CCN(C=O)CC2)CC1)C(C=O)C1(F)CC1. The van der Waals surface area contributed by atoms with Gasteiger partial charge in [-0.05, 0) is 58.3 Å². The summed E-state index contributed by atoms with van der Waals surface area (Å²) in [6.45, 7) is 8.91.